The third-order valence-corrected chi connectivity index (χ3v) is 5.75. The average Bonchev–Trinajstić information content (AvgIpc) is 2.72. The maximum absolute atomic E-state index is 12.4. The van der Waals surface area contributed by atoms with E-state index < -0.39 is 18.2 Å². The fourth-order valence-corrected chi connectivity index (χ4v) is 4.05. The summed E-state index contributed by atoms with van der Waals surface area (Å²) < 4.78 is 11.3. The molecular weight excluding hydrogens is 396 g/mol. The molecule has 6 heteroatoms. The van der Waals surface area contributed by atoms with Crippen LogP contribution in [-0.2, 0) is 19.1 Å². The van der Waals surface area contributed by atoms with Crippen molar-refractivity contribution < 1.29 is 29.3 Å². The van der Waals surface area contributed by atoms with Crippen LogP contribution in [0.5, 0.6) is 0 Å². The summed E-state index contributed by atoms with van der Waals surface area (Å²) in [6, 6.07) is 0. The minimum Gasteiger partial charge on any atom is -0.458 e. The third kappa shape index (κ3) is 10.3. The summed E-state index contributed by atoms with van der Waals surface area (Å²) in [5.41, 5.74) is 2.14. The van der Waals surface area contributed by atoms with Crippen molar-refractivity contribution in [3.05, 3.63) is 35.5 Å². The second-order valence-corrected chi connectivity index (χ2v) is 8.82. The Labute approximate surface area is 187 Å². The van der Waals surface area contributed by atoms with E-state index in [0.29, 0.717) is 18.8 Å². The minimum absolute atomic E-state index is 0.00630. The molecule has 0 spiro atoms. The zero-order valence-corrected chi connectivity index (χ0v) is 19.7. The van der Waals surface area contributed by atoms with Gasteiger partial charge in [-0.3, -0.25) is 4.79 Å². The minimum atomic E-state index is -0.478. The average molecular weight is 437 g/mol. The zero-order chi connectivity index (χ0) is 23.4. The highest BCUT2D eigenvalue weighted by molar-refractivity contribution is 5.82. The zero-order valence-electron chi connectivity index (χ0n) is 19.7. The molecule has 1 aliphatic rings. The van der Waals surface area contributed by atoms with E-state index in [9.17, 15) is 14.7 Å². The summed E-state index contributed by atoms with van der Waals surface area (Å²) in [5, 5.41) is 18.3. The Bertz CT molecular complexity index is 663. The van der Waals surface area contributed by atoms with E-state index in [1.807, 2.05) is 26.8 Å². The van der Waals surface area contributed by atoms with Gasteiger partial charge in [0.05, 0.1) is 0 Å². The highest BCUT2D eigenvalue weighted by Gasteiger charge is 2.37. The molecule has 0 aliphatic carbocycles. The van der Waals surface area contributed by atoms with Crippen LogP contribution >= 0.6 is 0 Å². The Kier molecular flexibility index (Phi) is 12.4. The first-order valence-electron chi connectivity index (χ1n) is 11.3. The van der Waals surface area contributed by atoms with Crippen LogP contribution in [0.2, 0.25) is 0 Å². The lowest BCUT2D eigenvalue weighted by atomic mass is 9.85. The summed E-state index contributed by atoms with van der Waals surface area (Å²) in [6.45, 7) is 10.1. The number of carbonyl (C=O) groups excluding carboxylic acids is 2. The van der Waals surface area contributed by atoms with Gasteiger partial charge in [0, 0.05) is 31.6 Å². The SMILES string of the molecule is C/C=C(\C)C[C@@H](C)C[C@@H](C)[C@@H]1OC(=O)CC[C@H]1OC(=O)/C=C/C(C)=C/[C@@H](CO)CCO. The number of aliphatic hydroxyl groups is 2. The summed E-state index contributed by atoms with van der Waals surface area (Å²) >= 11 is 0. The molecule has 5 atom stereocenters. The van der Waals surface area contributed by atoms with E-state index in [1.54, 1.807) is 6.08 Å². The van der Waals surface area contributed by atoms with Crippen LogP contribution < -0.4 is 0 Å². The molecule has 1 fully saturated rings. The molecule has 0 aromatic rings. The molecule has 0 saturated carbocycles. The predicted molar refractivity (Wildman–Crippen MR) is 121 cm³/mol. The van der Waals surface area contributed by atoms with Crippen LogP contribution in [0.25, 0.3) is 0 Å². The molecule has 0 amide bonds. The maximum Gasteiger partial charge on any atom is 0.331 e. The maximum atomic E-state index is 12.4. The van der Waals surface area contributed by atoms with Crippen molar-refractivity contribution in [2.24, 2.45) is 17.8 Å². The number of hydrogen-bond acceptors (Lipinski definition) is 6. The van der Waals surface area contributed by atoms with E-state index in [2.05, 4.69) is 19.9 Å². The van der Waals surface area contributed by atoms with Crippen LogP contribution in [0.1, 0.15) is 66.7 Å². The van der Waals surface area contributed by atoms with Gasteiger partial charge in [-0.15, -0.1) is 0 Å². The van der Waals surface area contributed by atoms with Gasteiger partial charge >= 0.3 is 11.9 Å². The van der Waals surface area contributed by atoms with Gasteiger partial charge in [0.15, 0.2) is 0 Å². The van der Waals surface area contributed by atoms with E-state index in [0.717, 1.165) is 18.4 Å². The first-order valence-corrected chi connectivity index (χ1v) is 11.3. The van der Waals surface area contributed by atoms with Crippen LogP contribution in [-0.4, -0.2) is 47.6 Å². The molecule has 1 rings (SSSR count). The molecule has 6 nitrogen and oxygen atoms in total. The van der Waals surface area contributed by atoms with Gasteiger partial charge in [-0.05, 0) is 58.3 Å². The topological polar surface area (TPSA) is 93.1 Å². The van der Waals surface area contributed by atoms with Crippen LogP contribution in [0, 0.1) is 17.8 Å². The Morgan fingerprint density at radius 1 is 1.26 bits per heavy atom. The fraction of sp³-hybridized carbons (Fsp3) is 0.680. The molecule has 1 aliphatic heterocycles. The highest BCUT2D eigenvalue weighted by Crippen LogP contribution is 2.30. The molecule has 0 aromatic carbocycles. The Morgan fingerprint density at radius 2 is 1.97 bits per heavy atom. The first-order chi connectivity index (χ1) is 14.7. The Hall–Kier alpha value is -1.92. The number of cyclic esters (lactones) is 1. The van der Waals surface area contributed by atoms with Crippen LogP contribution in [0.3, 0.4) is 0 Å². The molecule has 0 unspecified atom stereocenters. The van der Waals surface area contributed by atoms with Gasteiger partial charge < -0.3 is 19.7 Å². The number of esters is 2. The van der Waals surface area contributed by atoms with Crippen LogP contribution in [0.4, 0.5) is 0 Å². The quantitative estimate of drug-likeness (QED) is 0.207. The standard InChI is InChI=1S/C25H40O6/c1-6-17(2)13-19(4)14-20(5)25-22(8-10-24(29)31-25)30-23(28)9-7-18(3)15-21(16-27)11-12-26/h6-7,9,15,19-22,25-27H,8,10-14,16H2,1-5H3/b9-7+,17-6+,18-15+/t19-,20-,21+,22-,25+/m1/s1. The van der Waals surface area contributed by atoms with E-state index >= 15 is 0 Å². The molecule has 176 valence electrons. The lowest BCUT2D eigenvalue weighted by Gasteiger charge is -2.35. The molecule has 1 heterocycles. The number of aliphatic hydroxyl groups excluding tert-OH is 2. The number of rotatable bonds is 12. The van der Waals surface area contributed by atoms with Crippen molar-refractivity contribution in [2.75, 3.05) is 13.2 Å². The molecule has 0 aromatic heterocycles. The highest BCUT2D eigenvalue weighted by atomic mass is 16.6. The third-order valence-electron chi connectivity index (χ3n) is 5.75. The van der Waals surface area contributed by atoms with Gasteiger partial charge in [-0.1, -0.05) is 43.2 Å². The van der Waals surface area contributed by atoms with E-state index in [-0.39, 0.29) is 37.4 Å². The summed E-state index contributed by atoms with van der Waals surface area (Å²) in [4.78, 5) is 24.3. The van der Waals surface area contributed by atoms with Crippen molar-refractivity contribution in [1.29, 1.82) is 0 Å². The lowest BCUT2D eigenvalue weighted by Crippen LogP contribution is -2.43. The van der Waals surface area contributed by atoms with Crippen molar-refractivity contribution in [1.82, 2.24) is 0 Å². The predicted octanol–water partition coefficient (Wildman–Crippen LogP) is 4.12. The van der Waals surface area contributed by atoms with Gasteiger partial charge in [-0.2, -0.15) is 0 Å². The molecule has 2 N–H and O–H groups in total. The molecule has 0 radical (unpaired) electrons. The van der Waals surface area contributed by atoms with Gasteiger partial charge in [0.2, 0.25) is 0 Å². The van der Waals surface area contributed by atoms with E-state index in [4.69, 9.17) is 14.6 Å². The van der Waals surface area contributed by atoms with Crippen molar-refractivity contribution >= 4 is 11.9 Å². The molecule has 1 saturated heterocycles. The van der Waals surface area contributed by atoms with Gasteiger partial charge in [0.25, 0.3) is 0 Å². The Morgan fingerprint density at radius 3 is 2.58 bits per heavy atom. The number of hydrogen-bond donors (Lipinski definition) is 2. The van der Waals surface area contributed by atoms with Crippen molar-refractivity contribution in [3.8, 4) is 0 Å². The van der Waals surface area contributed by atoms with Gasteiger partial charge in [-0.25, -0.2) is 4.79 Å². The van der Waals surface area contributed by atoms with E-state index in [1.165, 1.54) is 11.6 Å². The summed E-state index contributed by atoms with van der Waals surface area (Å²) in [7, 11) is 0. The largest absolute Gasteiger partial charge is 0.458 e. The summed E-state index contributed by atoms with van der Waals surface area (Å²) in [6.07, 6.45) is 9.08. The molecular formula is C25H40O6. The number of ether oxygens (including phenoxy) is 2. The second kappa shape index (κ2) is 14.2. The van der Waals surface area contributed by atoms with Crippen molar-refractivity contribution in [3.63, 3.8) is 0 Å². The normalized spacial score (nSPS) is 23.4. The monoisotopic (exact) mass is 436 g/mol. The summed E-state index contributed by atoms with van der Waals surface area (Å²) in [5.74, 6) is -0.352. The van der Waals surface area contributed by atoms with Crippen molar-refractivity contribution in [2.45, 2.75) is 78.9 Å². The van der Waals surface area contributed by atoms with Crippen LogP contribution in [0.15, 0.2) is 35.5 Å². The lowest BCUT2D eigenvalue weighted by molar-refractivity contribution is -0.180. The first kappa shape index (κ1) is 27.1. The number of allylic oxidation sites excluding steroid dienone is 4. The molecule has 0 bridgehead atoms. The molecule has 31 heavy (non-hydrogen) atoms. The smallest absolute Gasteiger partial charge is 0.331 e. The fourth-order valence-electron chi connectivity index (χ4n) is 4.05. The second-order valence-electron chi connectivity index (χ2n) is 8.82. The Balaban J connectivity index is 2.73. The van der Waals surface area contributed by atoms with Gasteiger partial charge in [0.1, 0.15) is 12.2 Å². The number of carbonyl (C=O) groups is 2.